The van der Waals surface area contributed by atoms with E-state index in [1.165, 1.54) is 30.5 Å². The number of likely N-dealkylation sites (tertiary alicyclic amines) is 1. The maximum absolute atomic E-state index is 12.9. The first-order valence-corrected chi connectivity index (χ1v) is 12.8. The zero-order chi connectivity index (χ0) is 23.5. The topological polar surface area (TPSA) is 62.3 Å². The summed E-state index contributed by atoms with van der Waals surface area (Å²) >= 11 is 0. The van der Waals surface area contributed by atoms with Crippen molar-refractivity contribution >= 4 is 17.6 Å². The Morgan fingerprint density at radius 3 is 2.70 bits per heavy atom. The minimum atomic E-state index is 0.100. The predicted molar refractivity (Wildman–Crippen MR) is 130 cm³/mol. The van der Waals surface area contributed by atoms with Crippen molar-refractivity contribution in [3.05, 3.63) is 35.2 Å². The number of pyridine rings is 1. The lowest BCUT2D eigenvalue weighted by molar-refractivity contribution is -0.136. The van der Waals surface area contributed by atoms with Crippen LogP contribution in [-0.2, 0) is 9.59 Å². The number of carbonyl (C=O) groups is 2. The molecule has 6 atom stereocenters. The van der Waals surface area contributed by atoms with E-state index in [1.54, 1.807) is 0 Å². The maximum atomic E-state index is 12.9. The number of fused-ring (bicyclic) bond motifs is 5. The number of allylic oxidation sites excluding steroid dienone is 2. The molecule has 2 saturated carbocycles. The van der Waals surface area contributed by atoms with Gasteiger partial charge < -0.3 is 10.2 Å². The Balaban J connectivity index is 1.35. The molecule has 3 fully saturated rings. The molecule has 4 aliphatic rings. The van der Waals surface area contributed by atoms with E-state index in [2.05, 4.69) is 31.1 Å². The average Bonchev–Trinajstić information content (AvgIpc) is 3.07. The molecule has 0 radical (unpaired) electrons. The molecule has 1 aromatic heterocycles. The number of nitrogens with one attached hydrogen (secondary N) is 1. The van der Waals surface area contributed by atoms with Crippen molar-refractivity contribution in [2.24, 2.45) is 34.5 Å². The lowest BCUT2D eigenvalue weighted by atomic mass is 9.48. The first-order chi connectivity index (χ1) is 15.6. The van der Waals surface area contributed by atoms with Crippen LogP contribution in [0.25, 0.3) is 0 Å². The zero-order valence-electron chi connectivity index (χ0n) is 20.9. The van der Waals surface area contributed by atoms with Crippen LogP contribution in [0.2, 0.25) is 0 Å². The van der Waals surface area contributed by atoms with Crippen LogP contribution in [0.4, 0.5) is 5.82 Å². The summed E-state index contributed by atoms with van der Waals surface area (Å²) in [6.45, 7) is 9.11. The number of amides is 2. The standard InChI is InChI=1S/C28H39N3O2/c1-17-15-20-21-10-9-19(16-24(32)30-23-8-6-7-18(2)29-23)27(21,3)13-11-22(20)28(4)14-12-25(33)31(5)26(17)28/h6-8,19-22H,9-16H2,1-5H3,(H,29,30,32)/t19-,20?,21+,22?,27-,28-/m1/s1. The second kappa shape index (κ2) is 7.95. The first-order valence-electron chi connectivity index (χ1n) is 12.8. The van der Waals surface area contributed by atoms with Gasteiger partial charge in [-0.15, -0.1) is 0 Å². The molecule has 1 saturated heterocycles. The number of aromatic nitrogens is 1. The molecule has 2 amide bonds. The number of piperidine rings is 1. The van der Waals surface area contributed by atoms with Crippen LogP contribution in [0.3, 0.4) is 0 Å². The van der Waals surface area contributed by atoms with Gasteiger partial charge in [-0.3, -0.25) is 9.59 Å². The van der Waals surface area contributed by atoms with Gasteiger partial charge in [0.25, 0.3) is 0 Å². The van der Waals surface area contributed by atoms with Gasteiger partial charge in [0.1, 0.15) is 5.82 Å². The van der Waals surface area contributed by atoms with Crippen LogP contribution < -0.4 is 5.32 Å². The van der Waals surface area contributed by atoms with E-state index >= 15 is 0 Å². The Bertz CT molecular complexity index is 1020. The molecule has 33 heavy (non-hydrogen) atoms. The molecule has 1 N–H and O–H groups in total. The molecule has 2 unspecified atom stereocenters. The van der Waals surface area contributed by atoms with Crippen molar-refractivity contribution in [2.75, 3.05) is 12.4 Å². The Hall–Kier alpha value is -2.17. The molecule has 5 rings (SSSR count). The second-order valence-corrected chi connectivity index (χ2v) is 11.8. The van der Waals surface area contributed by atoms with Gasteiger partial charge in [0, 0.05) is 36.7 Å². The SMILES string of the molecule is CC1=C2N(C)C(=O)CC[C@]2(C)C2CC[C@]3(C)[C@@H](CC(=O)Nc4cccc(C)n4)CC[C@H]3C2C1. The molecule has 2 heterocycles. The van der Waals surface area contributed by atoms with E-state index in [0.29, 0.717) is 42.3 Å². The molecule has 3 aliphatic carbocycles. The van der Waals surface area contributed by atoms with Crippen LogP contribution >= 0.6 is 0 Å². The molecule has 1 aliphatic heterocycles. The number of aryl methyl sites for hydroxylation is 1. The van der Waals surface area contributed by atoms with Crippen molar-refractivity contribution in [1.82, 2.24) is 9.88 Å². The van der Waals surface area contributed by atoms with Gasteiger partial charge >= 0.3 is 0 Å². The molecule has 5 heteroatoms. The monoisotopic (exact) mass is 449 g/mol. The van der Waals surface area contributed by atoms with E-state index in [-0.39, 0.29) is 22.6 Å². The Morgan fingerprint density at radius 1 is 1.15 bits per heavy atom. The second-order valence-electron chi connectivity index (χ2n) is 11.8. The van der Waals surface area contributed by atoms with Crippen molar-refractivity contribution in [3.63, 3.8) is 0 Å². The van der Waals surface area contributed by atoms with E-state index in [0.717, 1.165) is 25.0 Å². The summed E-state index contributed by atoms with van der Waals surface area (Å²) < 4.78 is 0. The summed E-state index contributed by atoms with van der Waals surface area (Å²) in [4.78, 5) is 31.8. The van der Waals surface area contributed by atoms with Crippen molar-refractivity contribution < 1.29 is 9.59 Å². The summed E-state index contributed by atoms with van der Waals surface area (Å²) in [6, 6.07) is 5.76. The molecule has 5 nitrogen and oxygen atoms in total. The lowest BCUT2D eigenvalue weighted by Gasteiger charge is -2.59. The van der Waals surface area contributed by atoms with Gasteiger partial charge in [0.2, 0.25) is 11.8 Å². The van der Waals surface area contributed by atoms with E-state index < -0.39 is 0 Å². The fourth-order valence-electron chi connectivity index (χ4n) is 8.58. The van der Waals surface area contributed by atoms with Gasteiger partial charge in [-0.1, -0.05) is 25.5 Å². The smallest absolute Gasteiger partial charge is 0.226 e. The maximum Gasteiger partial charge on any atom is 0.226 e. The minimum absolute atomic E-state index is 0.100. The highest BCUT2D eigenvalue weighted by Gasteiger charge is 2.60. The van der Waals surface area contributed by atoms with Crippen molar-refractivity contribution in [2.45, 2.75) is 79.1 Å². The van der Waals surface area contributed by atoms with E-state index in [9.17, 15) is 9.59 Å². The quantitative estimate of drug-likeness (QED) is 0.642. The third-order valence-corrected chi connectivity index (χ3v) is 10.1. The summed E-state index contributed by atoms with van der Waals surface area (Å²) in [7, 11) is 1.99. The van der Waals surface area contributed by atoms with Gasteiger partial charge in [-0.25, -0.2) is 4.98 Å². The van der Waals surface area contributed by atoms with Gasteiger partial charge in [-0.2, -0.15) is 0 Å². The average molecular weight is 450 g/mol. The van der Waals surface area contributed by atoms with Gasteiger partial charge in [0.05, 0.1) is 0 Å². The molecule has 0 aromatic carbocycles. The number of anilines is 1. The zero-order valence-corrected chi connectivity index (χ0v) is 20.9. The highest BCUT2D eigenvalue weighted by atomic mass is 16.2. The number of nitrogens with zero attached hydrogens (tertiary/aromatic N) is 2. The molecular weight excluding hydrogens is 410 g/mol. The van der Waals surface area contributed by atoms with Gasteiger partial charge in [-0.05, 0) is 93.6 Å². The van der Waals surface area contributed by atoms with E-state index in [1.807, 2.05) is 37.1 Å². The molecule has 178 valence electrons. The van der Waals surface area contributed by atoms with Crippen molar-refractivity contribution in [3.8, 4) is 0 Å². The largest absolute Gasteiger partial charge is 0.319 e. The van der Waals surface area contributed by atoms with Crippen LogP contribution in [-0.4, -0.2) is 28.7 Å². The summed E-state index contributed by atoms with van der Waals surface area (Å²) in [6.07, 6.45) is 8.14. The molecule has 0 spiro atoms. The molecule has 0 bridgehead atoms. The normalized spacial score (nSPS) is 38.0. The van der Waals surface area contributed by atoms with Crippen LogP contribution in [0.1, 0.15) is 77.8 Å². The first kappa shape index (κ1) is 22.6. The summed E-state index contributed by atoms with van der Waals surface area (Å²) in [5, 5.41) is 3.04. The summed E-state index contributed by atoms with van der Waals surface area (Å²) in [5.74, 6) is 3.46. The van der Waals surface area contributed by atoms with E-state index in [4.69, 9.17) is 0 Å². The van der Waals surface area contributed by atoms with Crippen LogP contribution in [0, 0.1) is 41.4 Å². The minimum Gasteiger partial charge on any atom is -0.319 e. The highest BCUT2D eigenvalue weighted by Crippen LogP contribution is 2.67. The van der Waals surface area contributed by atoms with Crippen molar-refractivity contribution in [1.29, 1.82) is 0 Å². The third-order valence-electron chi connectivity index (χ3n) is 10.1. The number of rotatable bonds is 3. The Kier molecular flexibility index (Phi) is 5.45. The highest BCUT2D eigenvalue weighted by molar-refractivity contribution is 5.90. The molecule has 1 aromatic rings. The third kappa shape index (κ3) is 3.54. The Morgan fingerprint density at radius 2 is 1.94 bits per heavy atom. The predicted octanol–water partition coefficient (Wildman–Crippen LogP) is 5.71. The van der Waals surface area contributed by atoms with Gasteiger partial charge in [0.15, 0.2) is 0 Å². The summed E-state index contributed by atoms with van der Waals surface area (Å²) in [5.41, 5.74) is 4.00. The number of carbonyl (C=O) groups excluding carboxylic acids is 2. The fraction of sp³-hybridized carbons (Fsp3) is 0.679. The fourth-order valence-corrected chi connectivity index (χ4v) is 8.58. The molecular formula is C28H39N3O2. The Labute approximate surface area is 198 Å². The lowest BCUT2D eigenvalue weighted by Crippen LogP contribution is -2.54. The van der Waals surface area contributed by atoms with Crippen LogP contribution in [0.15, 0.2) is 29.5 Å². The number of hydrogen-bond donors (Lipinski definition) is 1. The van der Waals surface area contributed by atoms with Crippen LogP contribution in [0.5, 0.6) is 0 Å². The number of hydrogen-bond acceptors (Lipinski definition) is 3.